The molecule has 92 valence electrons. The summed E-state index contributed by atoms with van der Waals surface area (Å²) in [5, 5.41) is 3.91. The van der Waals surface area contributed by atoms with Gasteiger partial charge in [-0.05, 0) is 17.7 Å². The molecule has 0 amide bonds. The van der Waals surface area contributed by atoms with E-state index in [9.17, 15) is 9.59 Å². The molecule has 0 aliphatic heterocycles. The van der Waals surface area contributed by atoms with Crippen molar-refractivity contribution in [3.05, 3.63) is 41.5 Å². The number of hydrogen-bond donors (Lipinski definition) is 0. The van der Waals surface area contributed by atoms with E-state index in [4.69, 9.17) is 4.74 Å². The monoisotopic (exact) mass is 245 g/mol. The molecule has 6 nitrogen and oxygen atoms in total. The molecule has 1 aromatic carbocycles. The second kappa shape index (κ2) is 5.22. The molecule has 0 N–H and O–H groups in total. The van der Waals surface area contributed by atoms with Gasteiger partial charge >= 0.3 is 0 Å². The topological polar surface area (TPSA) is 74.1 Å². The number of carbonyl (C=O) groups is 2. The van der Waals surface area contributed by atoms with Crippen LogP contribution in [-0.4, -0.2) is 34.4 Å². The number of benzene rings is 1. The Hall–Kier alpha value is -2.50. The molecule has 0 radical (unpaired) electrons. The zero-order valence-electron chi connectivity index (χ0n) is 9.74. The molecule has 18 heavy (non-hydrogen) atoms. The van der Waals surface area contributed by atoms with Crippen LogP contribution in [0.1, 0.15) is 26.8 Å². The molecule has 0 aliphatic rings. The van der Waals surface area contributed by atoms with Crippen LogP contribution in [0.15, 0.2) is 24.3 Å². The minimum Gasteiger partial charge on any atom is -0.497 e. The summed E-state index contributed by atoms with van der Waals surface area (Å²) in [4.78, 5) is 25.1. The molecule has 6 heteroatoms. The first kappa shape index (κ1) is 12.0. The van der Waals surface area contributed by atoms with Gasteiger partial charge in [-0.1, -0.05) is 12.1 Å². The molecule has 2 rings (SSSR count). The first-order valence-electron chi connectivity index (χ1n) is 5.25. The van der Waals surface area contributed by atoms with Crippen molar-refractivity contribution in [3.8, 4) is 5.75 Å². The average Bonchev–Trinajstić information content (AvgIpc) is 2.82. The zero-order valence-corrected chi connectivity index (χ0v) is 9.74. The molecule has 0 unspecified atom stereocenters. The van der Waals surface area contributed by atoms with E-state index in [1.807, 2.05) is 24.3 Å². The van der Waals surface area contributed by atoms with Gasteiger partial charge in [0.25, 0.3) is 0 Å². The van der Waals surface area contributed by atoms with Gasteiger partial charge in [0.2, 0.25) is 5.82 Å². The highest BCUT2D eigenvalue weighted by Gasteiger charge is 2.08. The van der Waals surface area contributed by atoms with Crippen molar-refractivity contribution < 1.29 is 14.3 Å². The highest BCUT2D eigenvalue weighted by Crippen LogP contribution is 2.12. The summed E-state index contributed by atoms with van der Waals surface area (Å²) in [6, 6.07) is 7.34. The van der Waals surface area contributed by atoms with Crippen LogP contribution in [0.2, 0.25) is 0 Å². The third-order valence-electron chi connectivity index (χ3n) is 2.42. The second-order valence-corrected chi connectivity index (χ2v) is 3.57. The third-order valence-corrected chi connectivity index (χ3v) is 2.42. The molecule has 0 spiro atoms. The van der Waals surface area contributed by atoms with E-state index in [0.717, 1.165) is 11.3 Å². The van der Waals surface area contributed by atoms with Gasteiger partial charge in [0, 0.05) is 0 Å². The van der Waals surface area contributed by atoms with Crippen LogP contribution < -0.4 is 4.74 Å². The fourth-order valence-corrected chi connectivity index (χ4v) is 1.53. The maximum absolute atomic E-state index is 10.8. The minimum absolute atomic E-state index is 0.00520. The van der Waals surface area contributed by atoms with Gasteiger partial charge in [0.15, 0.2) is 18.4 Å². The Kier molecular flexibility index (Phi) is 3.47. The summed E-state index contributed by atoms with van der Waals surface area (Å²) in [6.07, 6.45) is 1.08. The molecule has 0 saturated carbocycles. The average molecular weight is 245 g/mol. The lowest BCUT2D eigenvalue weighted by atomic mass is 10.2. The van der Waals surface area contributed by atoms with Gasteiger partial charge in [-0.15, -0.1) is 5.10 Å². The van der Waals surface area contributed by atoms with Crippen molar-refractivity contribution in [2.24, 2.45) is 0 Å². The Bertz CT molecular complexity index is 560. The summed E-state index contributed by atoms with van der Waals surface area (Å²) in [7, 11) is 1.59. The lowest BCUT2D eigenvalue weighted by Crippen LogP contribution is -2.06. The highest BCUT2D eigenvalue weighted by atomic mass is 16.5. The Balaban J connectivity index is 2.24. The van der Waals surface area contributed by atoms with Gasteiger partial charge in [-0.2, -0.15) is 0 Å². The van der Waals surface area contributed by atoms with Crippen molar-refractivity contribution in [1.29, 1.82) is 0 Å². The van der Waals surface area contributed by atoms with Crippen molar-refractivity contribution in [1.82, 2.24) is 14.8 Å². The highest BCUT2D eigenvalue weighted by molar-refractivity contribution is 5.74. The molecule has 1 aromatic heterocycles. The van der Waals surface area contributed by atoms with Crippen LogP contribution in [-0.2, 0) is 6.54 Å². The number of hydrogen-bond acceptors (Lipinski definition) is 5. The Morgan fingerprint density at radius 2 is 1.94 bits per heavy atom. The van der Waals surface area contributed by atoms with Gasteiger partial charge in [-0.3, -0.25) is 9.59 Å². The first-order valence-corrected chi connectivity index (χ1v) is 5.25. The van der Waals surface area contributed by atoms with E-state index in [0.29, 0.717) is 19.1 Å². The lowest BCUT2D eigenvalue weighted by Gasteiger charge is -2.04. The van der Waals surface area contributed by atoms with Crippen molar-refractivity contribution in [3.63, 3.8) is 0 Å². The number of nitrogens with zero attached hydrogens (tertiary/aromatic N) is 3. The number of rotatable bonds is 5. The third kappa shape index (κ3) is 2.42. The van der Waals surface area contributed by atoms with E-state index in [-0.39, 0.29) is 11.6 Å². The SMILES string of the molecule is COc1ccc(Cn2nc(C=O)nc2C=O)cc1. The van der Waals surface area contributed by atoms with Gasteiger partial charge < -0.3 is 4.74 Å². The van der Waals surface area contributed by atoms with E-state index in [1.165, 1.54) is 4.68 Å². The fraction of sp³-hybridized carbons (Fsp3) is 0.167. The van der Waals surface area contributed by atoms with Gasteiger partial charge in [0.1, 0.15) is 5.75 Å². The number of ether oxygens (including phenoxy) is 1. The second-order valence-electron chi connectivity index (χ2n) is 3.57. The standard InChI is InChI=1S/C12H11N3O3/c1-18-10-4-2-9(3-5-10)6-15-12(8-17)13-11(7-16)14-15/h2-5,7-8H,6H2,1H3. The van der Waals surface area contributed by atoms with Crippen LogP contribution in [0, 0.1) is 0 Å². The minimum atomic E-state index is 0.00520. The predicted octanol–water partition coefficient (Wildman–Crippen LogP) is 0.960. The number of aldehydes is 2. The molecular formula is C12H11N3O3. The van der Waals surface area contributed by atoms with Crippen LogP contribution in [0.5, 0.6) is 5.75 Å². The first-order chi connectivity index (χ1) is 8.76. The molecule has 1 heterocycles. The normalized spacial score (nSPS) is 10.1. The predicted molar refractivity (Wildman–Crippen MR) is 62.9 cm³/mol. The Morgan fingerprint density at radius 3 is 2.50 bits per heavy atom. The van der Waals surface area contributed by atoms with Crippen molar-refractivity contribution >= 4 is 12.6 Å². The summed E-state index contributed by atoms with van der Waals surface area (Å²) < 4.78 is 6.44. The maximum atomic E-state index is 10.8. The van der Waals surface area contributed by atoms with Crippen LogP contribution >= 0.6 is 0 Å². The van der Waals surface area contributed by atoms with Crippen molar-refractivity contribution in [2.75, 3.05) is 7.11 Å². The van der Waals surface area contributed by atoms with Gasteiger partial charge in [0.05, 0.1) is 13.7 Å². The molecule has 0 saturated heterocycles. The molecule has 0 atom stereocenters. The number of methoxy groups -OCH3 is 1. The van der Waals surface area contributed by atoms with E-state index in [2.05, 4.69) is 10.1 Å². The van der Waals surface area contributed by atoms with Crippen molar-refractivity contribution in [2.45, 2.75) is 6.54 Å². The molecule has 0 fully saturated rings. The molecular weight excluding hydrogens is 234 g/mol. The van der Waals surface area contributed by atoms with E-state index >= 15 is 0 Å². The molecule has 0 aliphatic carbocycles. The smallest absolute Gasteiger partial charge is 0.214 e. The summed E-state index contributed by atoms with van der Waals surface area (Å²) in [5.74, 6) is 0.889. The largest absolute Gasteiger partial charge is 0.497 e. The quantitative estimate of drug-likeness (QED) is 0.733. The van der Waals surface area contributed by atoms with Gasteiger partial charge in [-0.25, -0.2) is 9.67 Å². The molecule has 0 bridgehead atoms. The Morgan fingerprint density at radius 1 is 1.22 bits per heavy atom. The van der Waals surface area contributed by atoms with Crippen LogP contribution in [0.3, 0.4) is 0 Å². The molecule has 2 aromatic rings. The lowest BCUT2D eigenvalue weighted by molar-refractivity contribution is 0.110. The van der Waals surface area contributed by atoms with E-state index < -0.39 is 0 Å². The zero-order chi connectivity index (χ0) is 13.0. The van der Waals surface area contributed by atoms with E-state index in [1.54, 1.807) is 7.11 Å². The number of aromatic nitrogens is 3. The summed E-state index contributed by atoms with van der Waals surface area (Å²) in [6.45, 7) is 0.374. The van der Waals surface area contributed by atoms with Crippen LogP contribution in [0.4, 0.5) is 0 Å². The van der Waals surface area contributed by atoms with Crippen LogP contribution in [0.25, 0.3) is 0 Å². The fourth-order valence-electron chi connectivity index (χ4n) is 1.53. The Labute approximate surface area is 103 Å². The summed E-state index contributed by atoms with van der Waals surface area (Å²) in [5.41, 5.74) is 0.932. The number of carbonyl (C=O) groups excluding carboxylic acids is 2. The maximum Gasteiger partial charge on any atom is 0.214 e. The summed E-state index contributed by atoms with van der Waals surface area (Å²) >= 11 is 0.